The van der Waals surface area contributed by atoms with E-state index in [9.17, 15) is 22.8 Å². The highest BCUT2D eigenvalue weighted by molar-refractivity contribution is 8.00. The maximum absolute atomic E-state index is 11.8. The van der Waals surface area contributed by atoms with Crippen molar-refractivity contribution < 1.29 is 27.9 Å². The molecule has 0 aromatic rings. The number of thioether (sulfide) groups is 1. The van der Waals surface area contributed by atoms with Crippen molar-refractivity contribution >= 4 is 23.6 Å². The largest absolute Gasteiger partial charge is 0.481 e. The molecule has 1 atom stereocenters. The summed E-state index contributed by atoms with van der Waals surface area (Å²) in [5.74, 6) is -3.37. The fourth-order valence-corrected chi connectivity index (χ4v) is 1.49. The number of rotatable bonds is 7. The third-order valence-corrected chi connectivity index (χ3v) is 2.63. The Bertz CT molecular complexity index is 271. The van der Waals surface area contributed by atoms with Crippen LogP contribution in [0.1, 0.15) is 19.8 Å². The summed E-state index contributed by atoms with van der Waals surface area (Å²) in [5.41, 5.74) is -4.45. The lowest BCUT2D eigenvalue weighted by molar-refractivity contribution is -0.141. The van der Waals surface area contributed by atoms with Crippen LogP contribution in [0.25, 0.3) is 0 Å². The van der Waals surface area contributed by atoms with E-state index in [2.05, 4.69) is 5.32 Å². The van der Waals surface area contributed by atoms with Crippen molar-refractivity contribution in [3.05, 3.63) is 0 Å². The summed E-state index contributed by atoms with van der Waals surface area (Å²) in [6.07, 6.45) is 1.01. The van der Waals surface area contributed by atoms with Crippen LogP contribution < -0.4 is 5.32 Å². The molecule has 0 saturated carbocycles. The van der Waals surface area contributed by atoms with Crippen LogP contribution in [-0.4, -0.2) is 34.8 Å². The number of hydrogen-bond acceptors (Lipinski definition) is 3. The van der Waals surface area contributed by atoms with E-state index in [1.165, 1.54) is 0 Å². The second kappa shape index (κ2) is 7.41. The van der Waals surface area contributed by atoms with E-state index < -0.39 is 40.8 Å². The number of aliphatic carboxylic acids is 1. The minimum absolute atomic E-state index is 0.138. The van der Waals surface area contributed by atoms with Gasteiger partial charge in [-0.15, -0.1) is 0 Å². The van der Waals surface area contributed by atoms with E-state index in [1.807, 2.05) is 0 Å². The van der Waals surface area contributed by atoms with Crippen molar-refractivity contribution in [3.63, 3.8) is 0 Å². The average molecular weight is 273 g/mol. The predicted octanol–water partition coefficient (Wildman–Crippen LogP) is 1.86. The minimum atomic E-state index is -4.45. The molecular formula is C9H14F3NO3S. The average Bonchev–Trinajstić information content (AvgIpc) is 2.19. The molecule has 4 nitrogen and oxygen atoms in total. The second-order valence-electron chi connectivity index (χ2n) is 3.36. The van der Waals surface area contributed by atoms with Crippen molar-refractivity contribution in [3.8, 4) is 0 Å². The maximum Gasteiger partial charge on any atom is 0.442 e. The number of carbonyl (C=O) groups is 2. The molecular weight excluding hydrogens is 259 g/mol. The van der Waals surface area contributed by atoms with Gasteiger partial charge in [0.2, 0.25) is 5.91 Å². The zero-order chi connectivity index (χ0) is 13.5. The smallest absolute Gasteiger partial charge is 0.442 e. The Kier molecular flexibility index (Phi) is 7.01. The molecule has 0 aliphatic rings. The van der Waals surface area contributed by atoms with Gasteiger partial charge in [-0.1, -0.05) is 13.3 Å². The molecule has 0 saturated heterocycles. The van der Waals surface area contributed by atoms with Gasteiger partial charge < -0.3 is 10.4 Å². The van der Waals surface area contributed by atoms with Gasteiger partial charge in [0.1, 0.15) is 0 Å². The normalized spacial score (nSPS) is 13.2. The highest BCUT2D eigenvalue weighted by atomic mass is 32.2. The van der Waals surface area contributed by atoms with E-state index in [-0.39, 0.29) is 6.54 Å². The van der Waals surface area contributed by atoms with Crippen molar-refractivity contribution in [1.29, 1.82) is 0 Å². The van der Waals surface area contributed by atoms with Gasteiger partial charge in [-0.2, -0.15) is 13.2 Å². The van der Waals surface area contributed by atoms with Gasteiger partial charge in [-0.05, 0) is 18.2 Å². The molecule has 0 bridgehead atoms. The zero-order valence-corrected chi connectivity index (χ0v) is 10.0. The van der Waals surface area contributed by atoms with E-state index in [0.717, 1.165) is 0 Å². The number of amides is 1. The highest BCUT2D eigenvalue weighted by Gasteiger charge is 2.29. The first kappa shape index (κ1) is 16.1. The topological polar surface area (TPSA) is 66.4 Å². The Labute approximate surface area is 101 Å². The van der Waals surface area contributed by atoms with Gasteiger partial charge in [-0.25, -0.2) is 0 Å². The number of carbonyl (C=O) groups excluding carboxylic acids is 1. The summed E-state index contributed by atoms with van der Waals surface area (Å²) in [7, 11) is 0. The van der Waals surface area contributed by atoms with Crippen LogP contribution in [0.15, 0.2) is 0 Å². The van der Waals surface area contributed by atoms with E-state index >= 15 is 0 Å². The first-order valence-electron chi connectivity index (χ1n) is 4.96. The summed E-state index contributed by atoms with van der Waals surface area (Å²) < 4.78 is 35.3. The summed E-state index contributed by atoms with van der Waals surface area (Å²) in [6.45, 7) is 1.65. The van der Waals surface area contributed by atoms with Gasteiger partial charge in [0.15, 0.2) is 0 Å². The van der Waals surface area contributed by atoms with E-state index in [1.54, 1.807) is 6.92 Å². The first-order chi connectivity index (χ1) is 7.76. The number of halogens is 3. The summed E-state index contributed by atoms with van der Waals surface area (Å²) in [5, 5.41) is 10.9. The lowest BCUT2D eigenvalue weighted by Gasteiger charge is -2.12. The third-order valence-electron chi connectivity index (χ3n) is 1.90. The predicted molar refractivity (Wildman–Crippen MR) is 57.6 cm³/mol. The molecule has 1 amide bonds. The van der Waals surface area contributed by atoms with Crippen LogP contribution >= 0.6 is 11.8 Å². The summed E-state index contributed by atoms with van der Waals surface area (Å²) in [4.78, 5) is 21.7. The van der Waals surface area contributed by atoms with Crippen molar-refractivity contribution in [1.82, 2.24) is 5.32 Å². The zero-order valence-electron chi connectivity index (χ0n) is 9.21. The molecule has 0 aliphatic heterocycles. The third kappa shape index (κ3) is 8.84. The van der Waals surface area contributed by atoms with Gasteiger partial charge in [0.05, 0.1) is 11.7 Å². The Hall–Kier alpha value is -0.920. The maximum atomic E-state index is 11.8. The molecule has 0 radical (unpaired) electrons. The molecule has 100 valence electrons. The van der Waals surface area contributed by atoms with Gasteiger partial charge in [0, 0.05) is 6.54 Å². The Balaban J connectivity index is 3.92. The van der Waals surface area contributed by atoms with Gasteiger partial charge in [0.25, 0.3) is 0 Å². The van der Waals surface area contributed by atoms with Crippen LogP contribution in [0.5, 0.6) is 0 Å². The number of hydrogen-bond donors (Lipinski definition) is 2. The van der Waals surface area contributed by atoms with Crippen LogP contribution in [0, 0.1) is 5.92 Å². The first-order valence-corrected chi connectivity index (χ1v) is 5.95. The van der Waals surface area contributed by atoms with Crippen molar-refractivity contribution in [2.75, 3.05) is 12.3 Å². The number of nitrogens with one attached hydrogen (secondary N) is 1. The molecule has 0 fully saturated rings. The number of carboxylic acids is 1. The monoisotopic (exact) mass is 273 g/mol. The molecule has 0 heterocycles. The Morgan fingerprint density at radius 2 is 2.00 bits per heavy atom. The van der Waals surface area contributed by atoms with Crippen LogP contribution in [0.3, 0.4) is 0 Å². The van der Waals surface area contributed by atoms with E-state index in [4.69, 9.17) is 5.11 Å². The SMILES string of the molecule is CCCC(CNC(=O)CSC(F)(F)F)C(=O)O. The molecule has 0 spiro atoms. The fraction of sp³-hybridized carbons (Fsp3) is 0.778. The molecule has 0 aromatic heterocycles. The van der Waals surface area contributed by atoms with Crippen LogP contribution in [-0.2, 0) is 9.59 Å². The molecule has 2 N–H and O–H groups in total. The standard InChI is InChI=1S/C9H14F3NO3S/c1-2-3-6(8(15)16)4-13-7(14)5-17-9(10,11)12/h6H,2-5H2,1H3,(H,13,14)(H,15,16). The molecule has 0 aromatic carbocycles. The summed E-state index contributed by atoms with van der Waals surface area (Å²) >= 11 is -0.444. The molecule has 1 unspecified atom stereocenters. The molecule has 0 aliphatic carbocycles. The lowest BCUT2D eigenvalue weighted by Crippen LogP contribution is -2.34. The highest BCUT2D eigenvalue weighted by Crippen LogP contribution is 2.29. The quantitative estimate of drug-likeness (QED) is 0.743. The Morgan fingerprint density at radius 1 is 1.41 bits per heavy atom. The Morgan fingerprint density at radius 3 is 2.41 bits per heavy atom. The van der Waals surface area contributed by atoms with Crippen LogP contribution in [0.4, 0.5) is 13.2 Å². The molecule has 8 heteroatoms. The molecule has 0 rings (SSSR count). The summed E-state index contributed by atoms with van der Waals surface area (Å²) in [6, 6.07) is 0. The van der Waals surface area contributed by atoms with Crippen molar-refractivity contribution in [2.45, 2.75) is 25.3 Å². The minimum Gasteiger partial charge on any atom is -0.481 e. The lowest BCUT2D eigenvalue weighted by atomic mass is 10.0. The van der Waals surface area contributed by atoms with Gasteiger partial charge >= 0.3 is 11.5 Å². The van der Waals surface area contributed by atoms with Crippen molar-refractivity contribution in [2.24, 2.45) is 5.92 Å². The number of alkyl halides is 3. The van der Waals surface area contributed by atoms with Crippen LogP contribution in [0.2, 0.25) is 0 Å². The second-order valence-corrected chi connectivity index (χ2v) is 4.40. The fourth-order valence-electron chi connectivity index (χ4n) is 1.10. The number of carboxylic acid groups (broad SMARTS) is 1. The van der Waals surface area contributed by atoms with Gasteiger partial charge in [-0.3, -0.25) is 9.59 Å². The molecule has 17 heavy (non-hydrogen) atoms. The van der Waals surface area contributed by atoms with E-state index in [0.29, 0.717) is 12.8 Å².